The molecule has 6 heteroatoms. The molecular weight excluding hydrogens is 356 g/mol. The number of benzene rings is 2. The molecule has 0 radical (unpaired) electrons. The van der Waals surface area contributed by atoms with Crippen LogP contribution in [-0.2, 0) is 9.59 Å². The molecule has 0 saturated heterocycles. The Labute approximate surface area is 165 Å². The summed E-state index contributed by atoms with van der Waals surface area (Å²) in [5.74, 6) is -0.0386. The summed E-state index contributed by atoms with van der Waals surface area (Å²) in [7, 11) is 1.55. The smallest absolute Gasteiger partial charge is 0.260 e. The van der Waals surface area contributed by atoms with Crippen LogP contribution in [0.1, 0.15) is 34.8 Å². The average molecular weight is 382 g/mol. The van der Waals surface area contributed by atoms with Gasteiger partial charge >= 0.3 is 0 Å². The Bertz CT molecular complexity index is 859. The summed E-state index contributed by atoms with van der Waals surface area (Å²) in [5.41, 5.74) is 3.36. The number of Topliss-reactive ketones (excluding diaryl/α,β-unsaturated/α-hetero) is 1. The van der Waals surface area contributed by atoms with E-state index in [4.69, 9.17) is 4.74 Å². The van der Waals surface area contributed by atoms with Gasteiger partial charge in [-0.2, -0.15) is 0 Å². The number of carbonyl (C=O) groups excluding carboxylic acids is 3. The molecule has 0 aliphatic rings. The van der Waals surface area contributed by atoms with Crippen molar-refractivity contribution in [1.82, 2.24) is 4.90 Å². The lowest BCUT2D eigenvalue weighted by molar-refractivity contribution is -0.135. The van der Waals surface area contributed by atoms with Gasteiger partial charge in [-0.15, -0.1) is 0 Å². The summed E-state index contributed by atoms with van der Waals surface area (Å²) in [5, 5.41) is 2.83. The fraction of sp³-hybridized carbons (Fsp3) is 0.318. The van der Waals surface area contributed by atoms with Crippen molar-refractivity contribution in [2.75, 3.05) is 25.5 Å². The number of likely N-dealkylation sites (N-methyl/N-ethyl adjacent to an activating group) is 1. The number of anilines is 1. The zero-order valence-corrected chi connectivity index (χ0v) is 16.7. The lowest BCUT2D eigenvalue weighted by Crippen LogP contribution is -2.37. The topological polar surface area (TPSA) is 75.7 Å². The summed E-state index contributed by atoms with van der Waals surface area (Å²) < 4.78 is 5.46. The van der Waals surface area contributed by atoms with Crippen LogP contribution in [0, 0.1) is 13.8 Å². The number of carbonyl (C=O) groups is 3. The van der Waals surface area contributed by atoms with Gasteiger partial charge < -0.3 is 15.0 Å². The quantitative estimate of drug-likeness (QED) is 0.710. The first kappa shape index (κ1) is 21.2. The number of rotatable bonds is 8. The molecule has 0 fully saturated rings. The molecule has 0 bridgehead atoms. The Morgan fingerprint density at radius 3 is 2.36 bits per heavy atom. The molecule has 0 spiro atoms. The molecule has 0 heterocycles. The molecule has 1 N–H and O–H groups in total. The van der Waals surface area contributed by atoms with Gasteiger partial charge in [0.25, 0.3) is 5.91 Å². The van der Waals surface area contributed by atoms with Crippen LogP contribution in [0.25, 0.3) is 0 Å². The van der Waals surface area contributed by atoms with Gasteiger partial charge in [-0.3, -0.25) is 14.4 Å². The molecular formula is C22H26N2O4. The fourth-order valence-electron chi connectivity index (χ4n) is 2.56. The summed E-state index contributed by atoms with van der Waals surface area (Å²) in [6, 6.07) is 12.5. The summed E-state index contributed by atoms with van der Waals surface area (Å²) in [4.78, 5) is 37.4. The van der Waals surface area contributed by atoms with Crippen molar-refractivity contribution in [1.29, 1.82) is 0 Å². The monoisotopic (exact) mass is 382 g/mol. The van der Waals surface area contributed by atoms with E-state index in [0.29, 0.717) is 17.7 Å². The number of ether oxygens (including phenoxy) is 1. The Morgan fingerprint density at radius 1 is 1.04 bits per heavy atom. The highest BCUT2D eigenvalue weighted by atomic mass is 16.5. The maximum atomic E-state index is 12.2. The Hall–Kier alpha value is -3.15. The predicted octanol–water partition coefficient (Wildman–Crippen LogP) is 3.37. The van der Waals surface area contributed by atoms with Crippen molar-refractivity contribution in [2.24, 2.45) is 0 Å². The number of aryl methyl sites for hydroxylation is 2. The van der Waals surface area contributed by atoms with Crippen molar-refractivity contribution in [2.45, 2.75) is 27.2 Å². The standard InChI is InChI=1S/C22H26N2O4/c1-5-20(25)17-8-10-18(11-9-17)28-14-22(27)24(4)13-21(26)23-19-12-15(2)6-7-16(19)3/h6-12H,5,13-14H2,1-4H3,(H,23,26). The van der Waals surface area contributed by atoms with E-state index < -0.39 is 0 Å². The molecule has 0 aliphatic heterocycles. The van der Waals surface area contributed by atoms with Crippen LogP contribution in [0.2, 0.25) is 0 Å². The molecule has 2 aromatic carbocycles. The third-order valence-electron chi connectivity index (χ3n) is 4.33. The van der Waals surface area contributed by atoms with Gasteiger partial charge in [0.1, 0.15) is 5.75 Å². The lowest BCUT2D eigenvalue weighted by atomic mass is 10.1. The molecule has 28 heavy (non-hydrogen) atoms. The van der Waals surface area contributed by atoms with Gasteiger partial charge in [0, 0.05) is 24.7 Å². The molecule has 0 aliphatic carbocycles. The second kappa shape index (κ2) is 9.69. The number of nitrogens with zero attached hydrogens (tertiary/aromatic N) is 1. The maximum absolute atomic E-state index is 12.2. The molecule has 2 rings (SSSR count). The van der Waals surface area contributed by atoms with E-state index in [1.54, 1.807) is 38.2 Å². The fourth-order valence-corrected chi connectivity index (χ4v) is 2.56. The minimum atomic E-state index is -0.315. The first-order valence-corrected chi connectivity index (χ1v) is 9.17. The van der Waals surface area contributed by atoms with Crippen LogP contribution in [0.3, 0.4) is 0 Å². The molecule has 0 aromatic heterocycles. The van der Waals surface area contributed by atoms with E-state index in [1.165, 1.54) is 4.90 Å². The normalized spacial score (nSPS) is 10.3. The highest BCUT2D eigenvalue weighted by Gasteiger charge is 2.14. The molecule has 0 unspecified atom stereocenters. The summed E-state index contributed by atoms with van der Waals surface area (Å²) in [6.45, 7) is 5.41. The van der Waals surface area contributed by atoms with Gasteiger partial charge in [0.2, 0.25) is 5.91 Å². The molecule has 2 amide bonds. The van der Waals surface area contributed by atoms with Gasteiger partial charge in [-0.05, 0) is 55.3 Å². The van der Waals surface area contributed by atoms with E-state index >= 15 is 0 Å². The summed E-state index contributed by atoms with van der Waals surface area (Å²) in [6.07, 6.45) is 0.438. The first-order chi connectivity index (χ1) is 13.3. The average Bonchev–Trinajstić information content (AvgIpc) is 2.68. The van der Waals surface area contributed by atoms with Crippen LogP contribution in [0.5, 0.6) is 5.75 Å². The van der Waals surface area contributed by atoms with E-state index in [1.807, 2.05) is 32.0 Å². The lowest BCUT2D eigenvalue weighted by Gasteiger charge is -2.18. The third-order valence-corrected chi connectivity index (χ3v) is 4.33. The largest absolute Gasteiger partial charge is 0.484 e. The zero-order valence-electron chi connectivity index (χ0n) is 16.7. The Kier molecular flexibility index (Phi) is 7.32. The van der Waals surface area contributed by atoms with Crippen LogP contribution < -0.4 is 10.1 Å². The molecule has 0 saturated carbocycles. The van der Waals surface area contributed by atoms with Crippen LogP contribution in [0.15, 0.2) is 42.5 Å². The highest BCUT2D eigenvalue weighted by Crippen LogP contribution is 2.16. The number of ketones is 1. The van der Waals surface area contributed by atoms with Gasteiger partial charge in [-0.25, -0.2) is 0 Å². The van der Waals surface area contributed by atoms with Crippen LogP contribution in [0.4, 0.5) is 5.69 Å². The third kappa shape index (κ3) is 5.94. The second-order valence-corrected chi connectivity index (χ2v) is 6.71. The number of hydrogen-bond acceptors (Lipinski definition) is 4. The van der Waals surface area contributed by atoms with Crippen molar-refractivity contribution in [3.63, 3.8) is 0 Å². The number of amides is 2. The maximum Gasteiger partial charge on any atom is 0.260 e. The van der Waals surface area contributed by atoms with E-state index in [2.05, 4.69) is 5.32 Å². The number of hydrogen-bond donors (Lipinski definition) is 1. The number of nitrogens with one attached hydrogen (secondary N) is 1. The predicted molar refractivity (Wildman–Crippen MR) is 109 cm³/mol. The highest BCUT2D eigenvalue weighted by molar-refractivity contribution is 5.96. The Morgan fingerprint density at radius 2 is 1.71 bits per heavy atom. The second-order valence-electron chi connectivity index (χ2n) is 6.71. The molecule has 0 atom stereocenters. The van der Waals surface area contributed by atoms with E-state index in [9.17, 15) is 14.4 Å². The van der Waals surface area contributed by atoms with Gasteiger partial charge in [0.15, 0.2) is 12.4 Å². The minimum Gasteiger partial charge on any atom is -0.484 e. The van der Waals surface area contributed by atoms with Crippen molar-refractivity contribution in [3.8, 4) is 5.75 Å². The SMILES string of the molecule is CCC(=O)c1ccc(OCC(=O)N(C)CC(=O)Nc2cc(C)ccc2C)cc1. The van der Waals surface area contributed by atoms with Crippen molar-refractivity contribution < 1.29 is 19.1 Å². The van der Waals surface area contributed by atoms with Crippen LogP contribution >= 0.6 is 0 Å². The van der Waals surface area contributed by atoms with Crippen molar-refractivity contribution in [3.05, 3.63) is 59.2 Å². The molecule has 2 aromatic rings. The minimum absolute atomic E-state index is 0.0530. The van der Waals surface area contributed by atoms with Crippen LogP contribution in [-0.4, -0.2) is 42.7 Å². The summed E-state index contributed by atoms with van der Waals surface area (Å²) >= 11 is 0. The zero-order chi connectivity index (χ0) is 20.7. The van der Waals surface area contributed by atoms with Gasteiger partial charge in [0.05, 0.1) is 6.54 Å². The Balaban J connectivity index is 1.84. The molecule has 6 nitrogen and oxygen atoms in total. The first-order valence-electron chi connectivity index (χ1n) is 9.17. The van der Waals surface area contributed by atoms with E-state index in [0.717, 1.165) is 16.8 Å². The van der Waals surface area contributed by atoms with Gasteiger partial charge in [-0.1, -0.05) is 19.1 Å². The van der Waals surface area contributed by atoms with Crippen molar-refractivity contribution >= 4 is 23.3 Å². The van der Waals surface area contributed by atoms with E-state index in [-0.39, 0.29) is 30.7 Å². The molecule has 148 valence electrons.